The molecular weight excluding hydrogens is 370 g/mol. The lowest BCUT2D eigenvalue weighted by Gasteiger charge is -2.28. The normalized spacial score (nSPS) is 11.9. The third-order valence-electron chi connectivity index (χ3n) is 5.26. The molecule has 0 saturated carbocycles. The summed E-state index contributed by atoms with van der Waals surface area (Å²) in [6, 6.07) is 20.7. The van der Waals surface area contributed by atoms with E-state index in [1.54, 1.807) is 0 Å². The molecule has 0 bridgehead atoms. The molecule has 0 fully saturated rings. The molecule has 0 spiro atoms. The average Bonchev–Trinajstić information content (AvgIpc) is 2.68. The van der Waals surface area contributed by atoms with Crippen molar-refractivity contribution in [3.63, 3.8) is 0 Å². The molecular formula is C27H31NO2. The average molecular weight is 402 g/mol. The summed E-state index contributed by atoms with van der Waals surface area (Å²) < 4.78 is 0. The lowest BCUT2D eigenvalue weighted by atomic mass is 9.79. The van der Waals surface area contributed by atoms with Crippen molar-refractivity contribution in [1.29, 1.82) is 0 Å². The number of ketones is 1. The molecule has 156 valence electrons. The van der Waals surface area contributed by atoms with Crippen molar-refractivity contribution in [2.45, 2.75) is 52.4 Å². The number of benzene rings is 3. The van der Waals surface area contributed by atoms with Gasteiger partial charge in [-0.15, -0.1) is 0 Å². The number of nitrogens with one attached hydrogen (secondary N) is 1. The number of phenolic OH excluding ortho intramolecular Hbond substituents is 1. The van der Waals surface area contributed by atoms with Crippen molar-refractivity contribution in [1.82, 2.24) is 0 Å². The van der Waals surface area contributed by atoms with Gasteiger partial charge in [-0.2, -0.15) is 0 Å². The van der Waals surface area contributed by atoms with Crippen molar-refractivity contribution >= 4 is 17.2 Å². The Labute approximate surface area is 179 Å². The van der Waals surface area contributed by atoms with Crippen LogP contribution < -0.4 is 5.32 Å². The van der Waals surface area contributed by atoms with E-state index in [2.05, 4.69) is 52.9 Å². The number of rotatable bonds is 4. The zero-order valence-corrected chi connectivity index (χ0v) is 18.7. The van der Waals surface area contributed by atoms with Crippen LogP contribution in [0, 0.1) is 0 Å². The van der Waals surface area contributed by atoms with Gasteiger partial charge in [-0.05, 0) is 34.6 Å². The lowest BCUT2D eigenvalue weighted by Crippen LogP contribution is -2.17. The Hall–Kier alpha value is -3.07. The predicted octanol–water partition coefficient (Wildman–Crippen LogP) is 6.96. The summed E-state index contributed by atoms with van der Waals surface area (Å²) in [7, 11) is 0. The summed E-state index contributed by atoms with van der Waals surface area (Å²) in [6.07, 6.45) is 0. The molecule has 3 nitrogen and oxygen atoms in total. The van der Waals surface area contributed by atoms with Gasteiger partial charge in [0, 0.05) is 22.4 Å². The number of anilines is 2. The summed E-state index contributed by atoms with van der Waals surface area (Å²) >= 11 is 0. The quantitative estimate of drug-likeness (QED) is 0.367. The third-order valence-corrected chi connectivity index (χ3v) is 5.26. The Balaban J connectivity index is 2.11. The molecule has 0 heterocycles. The fraction of sp³-hybridized carbons (Fsp3) is 0.296. The van der Waals surface area contributed by atoms with E-state index < -0.39 is 0 Å². The van der Waals surface area contributed by atoms with E-state index in [1.807, 2.05) is 60.7 Å². The van der Waals surface area contributed by atoms with Crippen LogP contribution >= 0.6 is 0 Å². The number of aromatic hydroxyl groups is 1. The fourth-order valence-corrected chi connectivity index (χ4v) is 3.41. The largest absolute Gasteiger partial charge is 0.505 e. The van der Waals surface area contributed by atoms with Crippen molar-refractivity contribution in [3.05, 3.63) is 89.0 Å². The molecule has 0 aliphatic carbocycles. The van der Waals surface area contributed by atoms with Crippen LogP contribution in [0.1, 0.15) is 68.6 Å². The Morgan fingerprint density at radius 3 is 1.97 bits per heavy atom. The highest BCUT2D eigenvalue weighted by molar-refractivity contribution is 6.12. The van der Waals surface area contributed by atoms with Crippen LogP contribution in [0.15, 0.2) is 66.7 Å². The van der Waals surface area contributed by atoms with Crippen LogP contribution in [-0.2, 0) is 10.8 Å². The van der Waals surface area contributed by atoms with Crippen LogP contribution in [0.3, 0.4) is 0 Å². The number of para-hydroxylation sites is 1. The van der Waals surface area contributed by atoms with Crippen LogP contribution in [-0.4, -0.2) is 10.9 Å². The number of hydrogen-bond donors (Lipinski definition) is 2. The predicted molar refractivity (Wildman–Crippen MR) is 125 cm³/mol. The van der Waals surface area contributed by atoms with Gasteiger partial charge in [-0.1, -0.05) is 90.1 Å². The Bertz CT molecular complexity index is 1050. The van der Waals surface area contributed by atoms with Crippen LogP contribution in [0.2, 0.25) is 0 Å². The van der Waals surface area contributed by atoms with E-state index in [0.717, 1.165) is 11.1 Å². The highest BCUT2D eigenvalue weighted by Gasteiger charge is 2.25. The summed E-state index contributed by atoms with van der Waals surface area (Å²) in [6.45, 7) is 12.7. The van der Waals surface area contributed by atoms with Gasteiger partial charge in [0.25, 0.3) is 0 Å². The summed E-state index contributed by atoms with van der Waals surface area (Å²) in [4.78, 5) is 13.1. The molecule has 3 rings (SSSR count). The van der Waals surface area contributed by atoms with Crippen LogP contribution in [0.5, 0.6) is 5.75 Å². The second-order valence-corrected chi connectivity index (χ2v) is 9.79. The Morgan fingerprint density at radius 2 is 1.37 bits per heavy atom. The van der Waals surface area contributed by atoms with Crippen molar-refractivity contribution in [2.24, 2.45) is 0 Å². The van der Waals surface area contributed by atoms with Gasteiger partial charge in [0.2, 0.25) is 0 Å². The molecule has 3 aromatic rings. The van der Waals surface area contributed by atoms with Crippen LogP contribution in [0.4, 0.5) is 11.4 Å². The first-order valence-electron chi connectivity index (χ1n) is 10.3. The lowest BCUT2D eigenvalue weighted by molar-refractivity contribution is 0.103. The van der Waals surface area contributed by atoms with Gasteiger partial charge in [0.05, 0.1) is 5.69 Å². The maximum atomic E-state index is 13.1. The van der Waals surface area contributed by atoms with Gasteiger partial charge in [-0.25, -0.2) is 0 Å². The second-order valence-electron chi connectivity index (χ2n) is 9.79. The van der Waals surface area contributed by atoms with E-state index in [0.29, 0.717) is 22.5 Å². The van der Waals surface area contributed by atoms with Gasteiger partial charge < -0.3 is 10.4 Å². The van der Waals surface area contributed by atoms with E-state index in [-0.39, 0.29) is 22.4 Å². The minimum atomic E-state index is -0.221. The first kappa shape index (κ1) is 21.6. The third kappa shape index (κ3) is 4.56. The van der Waals surface area contributed by atoms with Gasteiger partial charge in [-0.3, -0.25) is 4.79 Å². The minimum absolute atomic E-state index is 0.0544. The van der Waals surface area contributed by atoms with Gasteiger partial charge in [0.1, 0.15) is 5.75 Å². The second kappa shape index (κ2) is 7.98. The SMILES string of the molecule is CC(C)(C)c1cc(Nc2ccccc2C(=O)c2ccccc2)c(O)c(C(C)(C)C)c1. The van der Waals surface area contributed by atoms with Gasteiger partial charge in [0.15, 0.2) is 5.78 Å². The Morgan fingerprint density at radius 1 is 0.767 bits per heavy atom. The van der Waals surface area contributed by atoms with Crippen molar-refractivity contribution in [2.75, 3.05) is 5.32 Å². The molecule has 0 amide bonds. The number of phenols is 1. The zero-order valence-electron chi connectivity index (χ0n) is 18.7. The van der Waals surface area contributed by atoms with Crippen molar-refractivity contribution < 1.29 is 9.90 Å². The standard InChI is InChI=1S/C27H31NO2/c1-26(2,3)19-16-21(27(4,5)6)25(30)23(17-19)28-22-15-11-10-14-20(22)24(29)18-12-8-7-9-13-18/h7-17,28,30H,1-6H3. The molecule has 3 heteroatoms. The van der Waals surface area contributed by atoms with E-state index in [4.69, 9.17) is 0 Å². The molecule has 0 saturated heterocycles. The molecule has 0 unspecified atom stereocenters. The summed E-state index contributed by atoms with van der Waals surface area (Å²) in [5, 5.41) is 14.4. The molecule has 0 aromatic heterocycles. The van der Waals surface area contributed by atoms with Crippen LogP contribution in [0.25, 0.3) is 0 Å². The number of hydrogen-bond acceptors (Lipinski definition) is 3. The van der Waals surface area contributed by atoms with E-state index >= 15 is 0 Å². The maximum Gasteiger partial charge on any atom is 0.195 e. The first-order valence-corrected chi connectivity index (χ1v) is 10.3. The first-order chi connectivity index (χ1) is 14.0. The topological polar surface area (TPSA) is 49.3 Å². The molecule has 0 aliphatic rings. The molecule has 2 N–H and O–H groups in total. The Kier molecular flexibility index (Phi) is 5.76. The smallest absolute Gasteiger partial charge is 0.195 e. The molecule has 0 radical (unpaired) electrons. The monoisotopic (exact) mass is 401 g/mol. The summed E-state index contributed by atoms with van der Waals surface area (Å²) in [5.74, 6) is 0.165. The zero-order chi connectivity index (χ0) is 22.1. The molecule has 30 heavy (non-hydrogen) atoms. The highest BCUT2D eigenvalue weighted by atomic mass is 16.3. The maximum absolute atomic E-state index is 13.1. The fourth-order valence-electron chi connectivity index (χ4n) is 3.41. The van der Waals surface area contributed by atoms with Gasteiger partial charge >= 0.3 is 0 Å². The van der Waals surface area contributed by atoms with E-state index in [9.17, 15) is 9.90 Å². The number of carbonyl (C=O) groups excluding carboxylic acids is 1. The summed E-state index contributed by atoms with van der Waals surface area (Å²) in [5.41, 5.74) is 4.19. The number of carbonyl (C=O) groups is 1. The highest BCUT2D eigenvalue weighted by Crippen LogP contribution is 2.41. The minimum Gasteiger partial charge on any atom is -0.505 e. The molecule has 3 aromatic carbocycles. The molecule has 0 aliphatic heterocycles. The van der Waals surface area contributed by atoms with E-state index in [1.165, 1.54) is 0 Å². The molecule has 0 atom stereocenters. The van der Waals surface area contributed by atoms with Crippen molar-refractivity contribution in [3.8, 4) is 5.75 Å².